The van der Waals surface area contributed by atoms with Gasteiger partial charge < -0.3 is 10.2 Å². The minimum Gasteiger partial charge on any atom is -0.342 e. The molecule has 0 bridgehead atoms. The van der Waals surface area contributed by atoms with Crippen LogP contribution in [0.2, 0.25) is 0 Å². The Morgan fingerprint density at radius 3 is 2.53 bits per heavy atom. The van der Waals surface area contributed by atoms with E-state index in [-0.39, 0.29) is 23.8 Å². The van der Waals surface area contributed by atoms with Crippen LogP contribution in [0, 0.1) is 5.92 Å². The number of amides is 2. The van der Waals surface area contributed by atoms with Crippen molar-refractivity contribution in [3.8, 4) is 0 Å². The number of nitrogens with zero attached hydrogens (tertiary/aromatic N) is 1. The van der Waals surface area contributed by atoms with Crippen molar-refractivity contribution in [1.29, 1.82) is 0 Å². The highest BCUT2D eigenvalue weighted by atomic mass is 32.2. The van der Waals surface area contributed by atoms with Gasteiger partial charge in [-0.25, -0.2) is 0 Å². The lowest BCUT2D eigenvalue weighted by Gasteiger charge is -2.45. The third kappa shape index (κ3) is 3.44. The Bertz CT molecular complexity index is 344. The average Bonchev–Trinajstić information content (AvgIpc) is 2.37. The molecule has 1 saturated heterocycles. The summed E-state index contributed by atoms with van der Waals surface area (Å²) in [5.74, 6) is 2.11. The predicted molar refractivity (Wildman–Crippen MR) is 80.2 cm³/mol. The fraction of sp³-hybridized carbons (Fsp3) is 0.857. The first kappa shape index (κ1) is 16.3. The summed E-state index contributed by atoms with van der Waals surface area (Å²) in [6, 6.07) is -0.364. The van der Waals surface area contributed by atoms with E-state index < -0.39 is 5.54 Å². The molecule has 2 unspecified atom stereocenters. The van der Waals surface area contributed by atoms with Crippen LogP contribution in [0.1, 0.15) is 41.0 Å². The molecule has 0 saturated carbocycles. The summed E-state index contributed by atoms with van der Waals surface area (Å²) in [7, 11) is 0. The largest absolute Gasteiger partial charge is 0.342 e. The van der Waals surface area contributed by atoms with Crippen LogP contribution in [0.25, 0.3) is 0 Å². The van der Waals surface area contributed by atoms with Gasteiger partial charge in [0.1, 0.15) is 11.6 Å². The fourth-order valence-corrected chi connectivity index (χ4v) is 2.86. The lowest BCUT2D eigenvalue weighted by atomic mass is 9.89. The number of carbonyl (C=O) groups excluding carboxylic acids is 2. The number of rotatable bonds is 6. The second-order valence-electron chi connectivity index (χ2n) is 5.58. The summed E-state index contributed by atoms with van der Waals surface area (Å²) in [6.07, 6.45) is 0.884. The molecular weight excluding hydrogens is 260 g/mol. The third-order valence-corrected chi connectivity index (χ3v) is 4.80. The van der Waals surface area contributed by atoms with Crippen LogP contribution in [0.5, 0.6) is 0 Å². The van der Waals surface area contributed by atoms with Gasteiger partial charge in [-0.05, 0) is 25.5 Å². The van der Waals surface area contributed by atoms with Gasteiger partial charge in [0, 0.05) is 12.3 Å². The zero-order valence-electron chi connectivity index (χ0n) is 12.7. The molecule has 0 aromatic heterocycles. The standard InChI is InChI=1S/C14H26N2O2S/c1-6-10(3)11-12(17)16(8-9-19-7-2)14(4,5)13(18)15-11/h10-11H,6-9H2,1-5H3,(H,15,18). The summed E-state index contributed by atoms with van der Waals surface area (Å²) in [6.45, 7) is 10.4. The van der Waals surface area contributed by atoms with E-state index in [1.54, 1.807) is 16.7 Å². The third-order valence-electron chi connectivity index (χ3n) is 3.93. The summed E-state index contributed by atoms with van der Waals surface area (Å²) in [5, 5.41) is 2.89. The van der Waals surface area contributed by atoms with Gasteiger partial charge in [0.2, 0.25) is 11.8 Å². The molecule has 4 nitrogen and oxygen atoms in total. The molecule has 1 aliphatic rings. The van der Waals surface area contributed by atoms with E-state index >= 15 is 0 Å². The highest BCUT2D eigenvalue weighted by Gasteiger charge is 2.46. The Hall–Kier alpha value is -0.710. The lowest BCUT2D eigenvalue weighted by Crippen LogP contribution is -2.69. The van der Waals surface area contributed by atoms with Gasteiger partial charge in [-0.15, -0.1) is 0 Å². The molecule has 1 rings (SSSR count). The predicted octanol–water partition coefficient (Wildman–Crippen LogP) is 1.89. The smallest absolute Gasteiger partial charge is 0.246 e. The van der Waals surface area contributed by atoms with Gasteiger partial charge in [-0.1, -0.05) is 27.2 Å². The van der Waals surface area contributed by atoms with Crippen LogP contribution in [-0.2, 0) is 9.59 Å². The first-order valence-electron chi connectivity index (χ1n) is 7.06. The first-order chi connectivity index (χ1) is 8.86. The van der Waals surface area contributed by atoms with Crippen molar-refractivity contribution in [2.75, 3.05) is 18.1 Å². The van der Waals surface area contributed by atoms with Crippen molar-refractivity contribution in [2.45, 2.75) is 52.6 Å². The molecule has 0 aromatic carbocycles. The number of hydrogen-bond donors (Lipinski definition) is 1. The van der Waals surface area contributed by atoms with Crippen molar-refractivity contribution in [1.82, 2.24) is 10.2 Å². The molecule has 1 heterocycles. The molecule has 2 amide bonds. The summed E-state index contributed by atoms with van der Waals surface area (Å²) in [5.41, 5.74) is -0.741. The molecule has 0 aromatic rings. The molecular formula is C14H26N2O2S. The Balaban J connectivity index is 2.87. The molecule has 2 atom stereocenters. The van der Waals surface area contributed by atoms with Gasteiger partial charge in [0.15, 0.2) is 0 Å². The fourth-order valence-electron chi connectivity index (χ4n) is 2.26. The Labute approximate surface area is 120 Å². The van der Waals surface area contributed by atoms with Crippen LogP contribution >= 0.6 is 11.8 Å². The monoisotopic (exact) mass is 286 g/mol. The highest BCUT2D eigenvalue weighted by molar-refractivity contribution is 7.99. The maximum Gasteiger partial charge on any atom is 0.246 e. The zero-order chi connectivity index (χ0) is 14.6. The molecule has 1 aliphatic heterocycles. The maximum absolute atomic E-state index is 12.6. The van der Waals surface area contributed by atoms with Crippen molar-refractivity contribution in [3.05, 3.63) is 0 Å². The van der Waals surface area contributed by atoms with Crippen molar-refractivity contribution >= 4 is 23.6 Å². The quantitative estimate of drug-likeness (QED) is 0.759. The van der Waals surface area contributed by atoms with Gasteiger partial charge in [0.25, 0.3) is 0 Å². The highest BCUT2D eigenvalue weighted by Crippen LogP contribution is 2.25. The summed E-state index contributed by atoms with van der Waals surface area (Å²) in [4.78, 5) is 26.6. The Morgan fingerprint density at radius 1 is 1.37 bits per heavy atom. The number of thioether (sulfide) groups is 1. The van der Waals surface area contributed by atoms with Gasteiger partial charge in [-0.2, -0.15) is 11.8 Å². The van der Waals surface area contributed by atoms with Crippen LogP contribution in [0.15, 0.2) is 0 Å². The second kappa shape index (κ2) is 6.64. The van der Waals surface area contributed by atoms with E-state index in [4.69, 9.17) is 0 Å². The molecule has 1 N–H and O–H groups in total. The number of piperazine rings is 1. The van der Waals surface area contributed by atoms with E-state index in [0.717, 1.165) is 17.9 Å². The van der Waals surface area contributed by atoms with Crippen LogP contribution < -0.4 is 5.32 Å². The van der Waals surface area contributed by atoms with Crippen LogP contribution in [-0.4, -0.2) is 46.3 Å². The van der Waals surface area contributed by atoms with Crippen LogP contribution in [0.3, 0.4) is 0 Å². The minimum absolute atomic E-state index is 0.0427. The lowest BCUT2D eigenvalue weighted by molar-refractivity contribution is -0.156. The molecule has 110 valence electrons. The topological polar surface area (TPSA) is 49.4 Å². The van der Waals surface area contributed by atoms with Gasteiger partial charge in [-0.3, -0.25) is 9.59 Å². The zero-order valence-corrected chi connectivity index (χ0v) is 13.5. The summed E-state index contributed by atoms with van der Waals surface area (Å²) >= 11 is 1.80. The summed E-state index contributed by atoms with van der Waals surface area (Å²) < 4.78 is 0. The molecule has 1 fully saturated rings. The minimum atomic E-state index is -0.741. The SMILES string of the molecule is CCSCCN1C(=O)C(C(C)CC)NC(=O)C1(C)C. The number of hydrogen-bond acceptors (Lipinski definition) is 3. The van der Waals surface area contributed by atoms with Crippen molar-refractivity contribution in [2.24, 2.45) is 5.92 Å². The maximum atomic E-state index is 12.6. The molecule has 5 heteroatoms. The van der Waals surface area contributed by atoms with E-state index in [1.807, 2.05) is 27.7 Å². The van der Waals surface area contributed by atoms with Crippen molar-refractivity contribution in [3.63, 3.8) is 0 Å². The number of nitrogens with one attached hydrogen (secondary N) is 1. The van der Waals surface area contributed by atoms with Crippen molar-refractivity contribution < 1.29 is 9.59 Å². The molecule has 0 radical (unpaired) electrons. The number of carbonyl (C=O) groups is 2. The average molecular weight is 286 g/mol. The molecule has 0 spiro atoms. The van der Waals surface area contributed by atoms with E-state index in [1.165, 1.54) is 0 Å². The Kier molecular flexibility index (Phi) is 5.71. The van der Waals surface area contributed by atoms with Gasteiger partial charge >= 0.3 is 0 Å². The van der Waals surface area contributed by atoms with E-state index in [2.05, 4.69) is 12.2 Å². The molecule has 19 heavy (non-hydrogen) atoms. The first-order valence-corrected chi connectivity index (χ1v) is 8.21. The Morgan fingerprint density at radius 2 is 2.00 bits per heavy atom. The van der Waals surface area contributed by atoms with E-state index in [0.29, 0.717) is 6.54 Å². The normalized spacial score (nSPS) is 24.3. The molecule has 0 aliphatic carbocycles. The second-order valence-corrected chi connectivity index (χ2v) is 6.98. The van der Waals surface area contributed by atoms with E-state index in [9.17, 15) is 9.59 Å². The van der Waals surface area contributed by atoms with Gasteiger partial charge in [0.05, 0.1) is 0 Å². The van der Waals surface area contributed by atoms with Crippen LogP contribution in [0.4, 0.5) is 0 Å².